The molecule has 3 rings (SSSR count). The first-order valence-electron chi connectivity index (χ1n) is 7.92. The summed E-state index contributed by atoms with van der Waals surface area (Å²) < 4.78 is 42.1. The van der Waals surface area contributed by atoms with E-state index in [-0.39, 0.29) is 35.8 Å². The van der Waals surface area contributed by atoms with Crippen LogP contribution in [0.3, 0.4) is 0 Å². The predicted octanol–water partition coefficient (Wildman–Crippen LogP) is -1.89. The molecular formula is C10H16LiN5O12P3S. The standard InChI is InChI=1S/C10H16N5O12P3S.Li/c11-8-5-9(13-2-12-8)15(3-14-5)10-7(17)6(16)4(25-10)1-24-28(18,19)26-29(20,21)27-30(22,23)31;/h2-4,6-7,10,16-17H,1H2,(H,18,19)(H,20,21)(H2,11,12,13)(H2,22,23,31);/t4-,6-,7-,10-;/m1./s1. The van der Waals surface area contributed by atoms with Crippen molar-refractivity contribution in [3.8, 4) is 0 Å². The Morgan fingerprint density at radius 3 is 2.38 bits per heavy atom. The number of hydrogen-bond donors (Lipinski definition) is 7. The van der Waals surface area contributed by atoms with Crippen molar-refractivity contribution in [1.29, 1.82) is 0 Å². The summed E-state index contributed by atoms with van der Waals surface area (Å²) in [7, 11) is -10.8. The fourth-order valence-corrected chi connectivity index (χ4v) is 6.41. The third-order valence-electron chi connectivity index (χ3n) is 3.82. The third kappa shape index (κ3) is 6.62. The second-order valence-electron chi connectivity index (χ2n) is 6.02. The summed E-state index contributed by atoms with van der Waals surface area (Å²) in [6.07, 6.45) is -3.53. The second-order valence-corrected chi connectivity index (χ2v) is 11.9. The number of nitrogens with two attached hydrogens (primary N) is 1. The van der Waals surface area contributed by atoms with Gasteiger partial charge >= 0.3 is 22.4 Å². The predicted molar refractivity (Wildman–Crippen MR) is 108 cm³/mol. The zero-order chi connectivity index (χ0) is 23.2. The number of anilines is 1. The number of nitrogens with zero attached hydrogens (tertiary/aromatic N) is 4. The summed E-state index contributed by atoms with van der Waals surface area (Å²) in [4.78, 5) is 48.2. The van der Waals surface area contributed by atoms with Gasteiger partial charge in [-0.2, -0.15) is 4.31 Å². The largest absolute Gasteiger partial charge is 0.488 e. The van der Waals surface area contributed by atoms with Gasteiger partial charge < -0.3 is 40.3 Å². The van der Waals surface area contributed by atoms with Crippen LogP contribution >= 0.6 is 22.4 Å². The summed E-state index contributed by atoms with van der Waals surface area (Å²) in [5.41, 5.74) is 6.05. The molecule has 17 nitrogen and oxygen atoms in total. The molecule has 1 saturated heterocycles. The molecule has 22 heteroatoms. The zero-order valence-electron chi connectivity index (χ0n) is 15.9. The van der Waals surface area contributed by atoms with Gasteiger partial charge in [0.25, 0.3) is 0 Å². The molecule has 32 heavy (non-hydrogen) atoms. The van der Waals surface area contributed by atoms with Crippen LogP contribution in [-0.4, -0.2) is 93.1 Å². The third-order valence-corrected chi connectivity index (χ3v) is 8.22. The average molecular weight is 530 g/mol. The molecule has 3 heterocycles. The maximum absolute atomic E-state index is 11.9. The van der Waals surface area contributed by atoms with Gasteiger partial charge in [0.1, 0.15) is 30.2 Å². The van der Waals surface area contributed by atoms with Gasteiger partial charge in [-0.25, -0.2) is 28.4 Å². The van der Waals surface area contributed by atoms with E-state index >= 15 is 0 Å². The molecule has 0 bridgehead atoms. The number of aliphatic hydroxyl groups excluding tert-OH is 2. The van der Waals surface area contributed by atoms with Crippen LogP contribution in [-0.2, 0) is 38.8 Å². The van der Waals surface area contributed by atoms with Gasteiger partial charge in [0.15, 0.2) is 17.7 Å². The summed E-state index contributed by atoms with van der Waals surface area (Å²) >= 11 is 3.97. The van der Waals surface area contributed by atoms with Gasteiger partial charge in [-0.1, -0.05) is 0 Å². The molecule has 1 fully saturated rings. The van der Waals surface area contributed by atoms with Gasteiger partial charge in [0.2, 0.25) is 0 Å². The Morgan fingerprint density at radius 1 is 1.09 bits per heavy atom. The first-order chi connectivity index (χ1) is 14.2. The molecule has 1 radical (unpaired) electrons. The SMILES string of the molecule is Nc1ncnc2c1ncn2[C@@H]1O[C@H](COP(=O)(O)OP(=O)(O)OP(O)(O)=S)[C@@H](O)[C@H]1O.[Li]. The minimum Gasteiger partial charge on any atom is -0.387 e. The van der Waals surface area contributed by atoms with Crippen molar-refractivity contribution in [3.63, 3.8) is 0 Å². The van der Waals surface area contributed by atoms with Crippen LogP contribution < -0.4 is 5.73 Å². The van der Waals surface area contributed by atoms with Crippen molar-refractivity contribution in [3.05, 3.63) is 12.7 Å². The molecule has 175 valence electrons. The van der Waals surface area contributed by atoms with Gasteiger partial charge in [-0.3, -0.25) is 9.09 Å². The monoisotopic (exact) mass is 530 g/mol. The molecule has 2 unspecified atom stereocenters. The summed E-state index contributed by atoms with van der Waals surface area (Å²) in [5.74, 6) is 0.0574. The van der Waals surface area contributed by atoms with Crippen molar-refractivity contribution in [2.24, 2.45) is 0 Å². The number of rotatable bonds is 8. The first kappa shape index (κ1) is 27.9. The molecule has 0 aromatic carbocycles. The Balaban J connectivity index is 0.00000363. The fourth-order valence-electron chi connectivity index (χ4n) is 2.62. The van der Waals surface area contributed by atoms with Gasteiger partial charge in [-0.15, -0.1) is 0 Å². The van der Waals surface area contributed by atoms with E-state index in [0.29, 0.717) is 0 Å². The normalized spacial score (nSPS) is 27.6. The van der Waals surface area contributed by atoms with E-state index in [2.05, 4.69) is 39.9 Å². The Kier molecular flexibility index (Phi) is 8.81. The molecule has 2 aromatic rings. The van der Waals surface area contributed by atoms with Gasteiger partial charge in [-0.05, 0) is 11.8 Å². The average Bonchev–Trinajstić information content (AvgIpc) is 3.13. The first-order valence-corrected chi connectivity index (χ1v) is 13.5. The van der Waals surface area contributed by atoms with Crippen molar-refractivity contribution < 1.29 is 56.8 Å². The van der Waals surface area contributed by atoms with Crippen molar-refractivity contribution >= 4 is 70.0 Å². The summed E-state index contributed by atoms with van der Waals surface area (Å²) in [6, 6.07) is 0. The molecule has 2 aromatic heterocycles. The molecule has 0 amide bonds. The quantitative estimate of drug-likeness (QED) is 0.145. The fraction of sp³-hybridized carbons (Fsp3) is 0.500. The zero-order valence-corrected chi connectivity index (χ0v) is 19.4. The smallest absolute Gasteiger partial charge is 0.387 e. The second kappa shape index (κ2) is 10.1. The van der Waals surface area contributed by atoms with Crippen LogP contribution in [0.1, 0.15) is 6.23 Å². The number of ether oxygens (including phenoxy) is 1. The van der Waals surface area contributed by atoms with E-state index in [1.54, 1.807) is 0 Å². The number of nitrogen functional groups attached to an aromatic ring is 1. The Labute approximate surface area is 195 Å². The van der Waals surface area contributed by atoms with Crippen LogP contribution in [0.2, 0.25) is 0 Å². The maximum atomic E-state index is 11.9. The molecule has 1 aliphatic rings. The van der Waals surface area contributed by atoms with Crippen LogP contribution in [0.15, 0.2) is 12.7 Å². The number of aromatic nitrogens is 4. The number of fused-ring (bicyclic) bond motifs is 1. The van der Waals surface area contributed by atoms with E-state index in [0.717, 1.165) is 6.33 Å². The van der Waals surface area contributed by atoms with Gasteiger partial charge in [0.05, 0.1) is 12.9 Å². The van der Waals surface area contributed by atoms with E-state index in [4.69, 9.17) is 20.3 Å². The number of phosphoric acid groups is 2. The van der Waals surface area contributed by atoms with E-state index in [1.807, 2.05) is 0 Å². The van der Waals surface area contributed by atoms with E-state index in [1.165, 1.54) is 10.9 Å². The molecule has 0 spiro atoms. The van der Waals surface area contributed by atoms with Gasteiger partial charge in [0, 0.05) is 18.9 Å². The van der Waals surface area contributed by atoms with Crippen molar-refractivity contribution in [2.45, 2.75) is 24.5 Å². The van der Waals surface area contributed by atoms with Crippen LogP contribution in [0, 0.1) is 0 Å². The molecule has 6 atom stereocenters. The van der Waals surface area contributed by atoms with E-state index in [9.17, 15) is 29.1 Å². The van der Waals surface area contributed by atoms with Crippen molar-refractivity contribution in [2.75, 3.05) is 12.3 Å². The van der Waals surface area contributed by atoms with Crippen molar-refractivity contribution in [1.82, 2.24) is 19.5 Å². The minimum atomic E-state index is -5.49. The Bertz CT molecular complexity index is 1120. The van der Waals surface area contributed by atoms with Crippen LogP contribution in [0.25, 0.3) is 11.2 Å². The number of imidazole rings is 1. The minimum absolute atomic E-state index is 0. The number of hydrogen-bond acceptors (Lipinski definition) is 13. The summed E-state index contributed by atoms with van der Waals surface area (Å²) in [6.45, 7) is -5.61. The Hall–Kier alpha value is -0.343. The molecule has 1 aliphatic heterocycles. The maximum Gasteiger partial charge on any atom is 0.488 e. The molecule has 0 saturated carbocycles. The van der Waals surface area contributed by atoms with E-state index < -0.39 is 53.5 Å². The number of phosphoric ester groups is 1. The summed E-state index contributed by atoms with van der Waals surface area (Å²) in [5, 5.41) is 20.5. The number of aliphatic hydroxyl groups is 2. The molecule has 0 aliphatic carbocycles. The molecule has 8 N–H and O–H groups in total. The topological polar surface area (TPSA) is 262 Å². The Morgan fingerprint density at radius 2 is 1.75 bits per heavy atom. The van der Waals surface area contributed by atoms with Crippen LogP contribution in [0.4, 0.5) is 5.82 Å². The molecular weight excluding hydrogens is 514 g/mol. The van der Waals surface area contributed by atoms with Crippen LogP contribution in [0.5, 0.6) is 0 Å².